The first-order valence-corrected chi connectivity index (χ1v) is 8.75. The summed E-state index contributed by atoms with van der Waals surface area (Å²) in [6.45, 7) is -0.397. The predicted octanol–water partition coefficient (Wildman–Crippen LogP) is 0.446. The standard InChI is InChI=1S/C15H20ClN5O4/c16-15-19-12(18-7-3-1-2-4-7)9-13(20-15)21(6-17-9)14-11(24)10(23)8(5-22)25-14/h6-8,10-11,14,22-24H,1-5H2,(H,18,19,20)/t8-,10+,11-,14-/m1/s1. The molecule has 2 aliphatic rings. The Morgan fingerprint density at radius 3 is 2.68 bits per heavy atom. The summed E-state index contributed by atoms with van der Waals surface area (Å²) in [5.74, 6) is 0.549. The molecule has 4 atom stereocenters. The van der Waals surface area contributed by atoms with Gasteiger partial charge in [-0.3, -0.25) is 4.57 Å². The third kappa shape index (κ3) is 2.96. The van der Waals surface area contributed by atoms with Crippen molar-refractivity contribution in [2.45, 2.75) is 56.3 Å². The molecule has 25 heavy (non-hydrogen) atoms. The Balaban J connectivity index is 1.70. The van der Waals surface area contributed by atoms with E-state index in [1.54, 1.807) is 0 Å². The Labute approximate surface area is 148 Å². The molecule has 1 aliphatic heterocycles. The number of aromatic nitrogens is 4. The summed E-state index contributed by atoms with van der Waals surface area (Å²) >= 11 is 6.07. The first-order valence-electron chi connectivity index (χ1n) is 8.37. The molecule has 2 aromatic rings. The van der Waals surface area contributed by atoms with Crippen LogP contribution in [0, 0.1) is 0 Å². The lowest BCUT2D eigenvalue weighted by atomic mass is 10.1. The number of ether oxygens (including phenoxy) is 1. The van der Waals surface area contributed by atoms with E-state index in [0.29, 0.717) is 23.0 Å². The van der Waals surface area contributed by atoms with E-state index in [0.717, 1.165) is 12.8 Å². The molecule has 9 nitrogen and oxygen atoms in total. The molecule has 2 fully saturated rings. The average molecular weight is 370 g/mol. The summed E-state index contributed by atoms with van der Waals surface area (Å²) in [5, 5.41) is 32.9. The summed E-state index contributed by atoms with van der Waals surface area (Å²) in [6, 6.07) is 0.327. The predicted molar refractivity (Wildman–Crippen MR) is 89.2 cm³/mol. The van der Waals surface area contributed by atoms with E-state index < -0.39 is 31.1 Å². The fraction of sp³-hybridized carbons (Fsp3) is 0.667. The zero-order valence-electron chi connectivity index (χ0n) is 13.4. The smallest absolute Gasteiger partial charge is 0.226 e. The van der Waals surface area contributed by atoms with Gasteiger partial charge in [-0.05, 0) is 24.4 Å². The largest absolute Gasteiger partial charge is 0.394 e. The van der Waals surface area contributed by atoms with Crippen LogP contribution in [0.5, 0.6) is 0 Å². The van der Waals surface area contributed by atoms with Crippen molar-refractivity contribution in [1.82, 2.24) is 19.5 Å². The number of nitrogens with zero attached hydrogens (tertiary/aromatic N) is 4. The zero-order chi connectivity index (χ0) is 17.6. The normalized spacial score (nSPS) is 30.4. The molecule has 2 aromatic heterocycles. The monoisotopic (exact) mass is 369 g/mol. The van der Waals surface area contributed by atoms with Crippen molar-refractivity contribution < 1.29 is 20.1 Å². The van der Waals surface area contributed by atoms with Crippen molar-refractivity contribution in [3.05, 3.63) is 11.6 Å². The van der Waals surface area contributed by atoms with Crippen LogP contribution in [0.3, 0.4) is 0 Å². The van der Waals surface area contributed by atoms with Crippen LogP contribution in [0.25, 0.3) is 11.2 Å². The summed E-state index contributed by atoms with van der Waals surface area (Å²) in [4.78, 5) is 12.8. The van der Waals surface area contributed by atoms with Gasteiger partial charge in [-0.2, -0.15) is 9.97 Å². The van der Waals surface area contributed by atoms with Gasteiger partial charge in [-0.1, -0.05) is 12.8 Å². The molecule has 136 valence electrons. The van der Waals surface area contributed by atoms with E-state index in [4.69, 9.17) is 16.3 Å². The molecule has 4 rings (SSSR count). The Bertz CT molecular complexity index is 766. The number of aliphatic hydroxyl groups excluding tert-OH is 3. The lowest BCUT2D eigenvalue weighted by Gasteiger charge is -2.17. The van der Waals surface area contributed by atoms with E-state index in [1.165, 1.54) is 23.7 Å². The number of hydrogen-bond acceptors (Lipinski definition) is 8. The molecule has 1 saturated carbocycles. The van der Waals surface area contributed by atoms with Gasteiger partial charge < -0.3 is 25.4 Å². The highest BCUT2D eigenvalue weighted by Crippen LogP contribution is 2.33. The van der Waals surface area contributed by atoms with Crippen LogP contribution in [-0.2, 0) is 4.74 Å². The lowest BCUT2D eigenvalue weighted by Crippen LogP contribution is -2.33. The van der Waals surface area contributed by atoms with Crippen molar-refractivity contribution in [1.29, 1.82) is 0 Å². The SMILES string of the molecule is OC[C@H]1O[C@@H](n2cnc3c(NC4CCCC4)nc(Cl)nc32)[C@H](O)[C@H]1O. The first kappa shape index (κ1) is 16.9. The molecule has 3 heterocycles. The van der Waals surface area contributed by atoms with Crippen LogP contribution in [-0.4, -0.2) is 65.8 Å². The molecule has 0 radical (unpaired) electrons. The summed E-state index contributed by atoms with van der Waals surface area (Å²) in [7, 11) is 0. The van der Waals surface area contributed by atoms with Gasteiger partial charge in [0.25, 0.3) is 0 Å². The quantitative estimate of drug-likeness (QED) is 0.572. The van der Waals surface area contributed by atoms with Crippen LogP contribution in [0.2, 0.25) is 5.28 Å². The summed E-state index contributed by atoms with van der Waals surface area (Å²) in [6.07, 6.45) is 1.77. The maximum Gasteiger partial charge on any atom is 0.226 e. The molecule has 0 aromatic carbocycles. The van der Waals surface area contributed by atoms with Crippen LogP contribution < -0.4 is 5.32 Å². The Kier molecular flexibility index (Phi) is 4.50. The van der Waals surface area contributed by atoms with E-state index in [-0.39, 0.29) is 5.28 Å². The number of aliphatic hydroxyl groups is 3. The average Bonchev–Trinajstić information content (AvgIpc) is 3.29. The fourth-order valence-electron chi connectivity index (χ4n) is 3.55. The molecule has 0 amide bonds. The highest BCUT2D eigenvalue weighted by atomic mass is 35.5. The summed E-state index contributed by atoms with van der Waals surface area (Å²) in [5.41, 5.74) is 0.921. The van der Waals surface area contributed by atoms with E-state index in [1.807, 2.05) is 0 Å². The third-order valence-corrected chi connectivity index (χ3v) is 5.05. The van der Waals surface area contributed by atoms with Gasteiger partial charge in [0.05, 0.1) is 12.9 Å². The molecular weight excluding hydrogens is 350 g/mol. The first-order chi connectivity index (χ1) is 12.1. The molecule has 0 spiro atoms. The number of halogens is 1. The number of anilines is 1. The van der Waals surface area contributed by atoms with Gasteiger partial charge >= 0.3 is 0 Å². The van der Waals surface area contributed by atoms with Gasteiger partial charge in [0.2, 0.25) is 5.28 Å². The molecule has 0 bridgehead atoms. The third-order valence-electron chi connectivity index (χ3n) is 4.88. The maximum atomic E-state index is 10.2. The van der Waals surface area contributed by atoms with E-state index >= 15 is 0 Å². The van der Waals surface area contributed by atoms with Gasteiger partial charge in [0.1, 0.15) is 18.3 Å². The number of imidazole rings is 1. The second-order valence-corrected chi connectivity index (χ2v) is 6.86. The Morgan fingerprint density at radius 1 is 1.24 bits per heavy atom. The molecule has 1 aliphatic carbocycles. The van der Waals surface area contributed by atoms with Crippen LogP contribution in [0.1, 0.15) is 31.9 Å². The van der Waals surface area contributed by atoms with Crippen molar-refractivity contribution in [2.24, 2.45) is 0 Å². The van der Waals surface area contributed by atoms with Gasteiger partial charge in [-0.25, -0.2) is 4.98 Å². The van der Waals surface area contributed by atoms with Gasteiger partial charge in [0.15, 0.2) is 23.2 Å². The second-order valence-electron chi connectivity index (χ2n) is 6.52. The van der Waals surface area contributed by atoms with E-state index in [9.17, 15) is 15.3 Å². The van der Waals surface area contributed by atoms with Crippen molar-refractivity contribution in [3.63, 3.8) is 0 Å². The van der Waals surface area contributed by atoms with Crippen molar-refractivity contribution >= 4 is 28.6 Å². The molecular formula is C15H20ClN5O4. The topological polar surface area (TPSA) is 126 Å². The Hall–Kier alpha value is -1.52. The number of rotatable bonds is 4. The van der Waals surface area contributed by atoms with Gasteiger partial charge in [0, 0.05) is 6.04 Å². The molecule has 10 heteroatoms. The molecule has 4 N–H and O–H groups in total. The fourth-order valence-corrected chi connectivity index (χ4v) is 3.71. The van der Waals surface area contributed by atoms with Crippen molar-refractivity contribution in [3.8, 4) is 0 Å². The maximum absolute atomic E-state index is 10.2. The van der Waals surface area contributed by atoms with Crippen molar-refractivity contribution in [2.75, 3.05) is 11.9 Å². The van der Waals surface area contributed by atoms with Crippen LogP contribution >= 0.6 is 11.6 Å². The molecule has 0 unspecified atom stereocenters. The van der Waals surface area contributed by atoms with Crippen LogP contribution in [0.4, 0.5) is 5.82 Å². The minimum Gasteiger partial charge on any atom is -0.394 e. The summed E-state index contributed by atoms with van der Waals surface area (Å²) < 4.78 is 7.06. The second kappa shape index (κ2) is 6.65. The molecule has 1 saturated heterocycles. The zero-order valence-corrected chi connectivity index (χ0v) is 14.2. The minimum atomic E-state index is -1.21. The minimum absolute atomic E-state index is 0.0569. The number of nitrogens with one attached hydrogen (secondary N) is 1. The highest BCUT2D eigenvalue weighted by Gasteiger charge is 2.44. The van der Waals surface area contributed by atoms with Gasteiger partial charge in [-0.15, -0.1) is 0 Å². The number of hydrogen-bond donors (Lipinski definition) is 4. The van der Waals surface area contributed by atoms with E-state index in [2.05, 4.69) is 20.3 Å². The lowest BCUT2D eigenvalue weighted by molar-refractivity contribution is -0.0511. The van der Waals surface area contributed by atoms with Crippen LogP contribution in [0.15, 0.2) is 6.33 Å². The number of fused-ring (bicyclic) bond motifs is 1. The highest BCUT2D eigenvalue weighted by molar-refractivity contribution is 6.28. The Morgan fingerprint density at radius 2 is 2.00 bits per heavy atom.